The van der Waals surface area contributed by atoms with E-state index in [0.717, 1.165) is 49.2 Å². The molecule has 3 aromatic rings. The van der Waals surface area contributed by atoms with Crippen LogP contribution in [0.5, 0.6) is 0 Å². The number of aromatic amines is 1. The number of nitrogens with zero attached hydrogens (tertiary/aromatic N) is 2. The fourth-order valence-electron chi connectivity index (χ4n) is 3.35. The Labute approximate surface area is 159 Å². The number of carbonyl (C=O) groups is 1. The first-order valence-electron chi connectivity index (χ1n) is 8.47. The van der Waals surface area contributed by atoms with Crippen LogP contribution in [0.4, 0.5) is 0 Å². The molecule has 6 heteroatoms. The number of carbonyl (C=O) groups excluding carboxylic acids is 1. The fourth-order valence-corrected chi connectivity index (χ4v) is 4.88. The smallest absolute Gasteiger partial charge is 0.178 e. The van der Waals surface area contributed by atoms with Gasteiger partial charge in [0.2, 0.25) is 0 Å². The molecule has 2 aromatic heterocycles. The monoisotopic (exact) mass is 417 g/mol. The van der Waals surface area contributed by atoms with E-state index in [0.29, 0.717) is 6.54 Å². The molecule has 25 heavy (non-hydrogen) atoms. The van der Waals surface area contributed by atoms with Crippen LogP contribution in [0.25, 0.3) is 10.9 Å². The van der Waals surface area contributed by atoms with E-state index in [1.807, 2.05) is 30.5 Å². The Bertz CT molecular complexity index is 880. The Morgan fingerprint density at radius 3 is 2.60 bits per heavy atom. The number of nitrogens with one attached hydrogen (secondary N) is 1. The topological polar surface area (TPSA) is 39.3 Å². The molecule has 0 bridgehead atoms. The fraction of sp³-hybridized carbons (Fsp3) is 0.316. The minimum absolute atomic E-state index is 0.202. The van der Waals surface area contributed by atoms with Gasteiger partial charge in [0.05, 0.1) is 10.3 Å². The largest absolute Gasteiger partial charge is 0.360 e. The lowest BCUT2D eigenvalue weighted by atomic mass is 10.1. The maximum Gasteiger partial charge on any atom is 0.178 e. The molecule has 1 aliphatic heterocycles. The van der Waals surface area contributed by atoms with Crippen LogP contribution in [0.2, 0.25) is 0 Å². The van der Waals surface area contributed by atoms with Gasteiger partial charge in [0, 0.05) is 60.3 Å². The first-order valence-corrected chi connectivity index (χ1v) is 10.1. The second kappa shape index (κ2) is 7.41. The summed E-state index contributed by atoms with van der Waals surface area (Å²) in [5.74, 6) is 0.202. The number of fused-ring (bicyclic) bond motifs is 1. The normalized spacial score (nSPS) is 16.5. The van der Waals surface area contributed by atoms with Gasteiger partial charge in [0.1, 0.15) is 0 Å². The number of aromatic nitrogens is 1. The van der Waals surface area contributed by atoms with Crippen molar-refractivity contribution in [3.63, 3.8) is 0 Å². The van der Waals surface area contributed by atoms with Gasteiger partial charge in [0.25, 0.3) is 0 Å². The molecular weight excluding hydrogens is 398 g/mol. The van der Waals surface area contributed by atoms with E-state index in [4.69, 9.17) is 0 Å². The SMILES string of the molecule is O=C(CN1CCN(Cc2ccc(Br)s2)CC1)c1c[nH]c2ccccc12. The van der Waals surface area contributed by atoms with Gasteiger partial charge in [-0.3, -0.25) is 14.6 Å². The van der Waals surface area contributed by atoms with Crippen LogP contribution < -0.4 is 0 Å². The number of ketones is 1. The number of Topliss-reactive ketones (excluding diaryl/α,β-unsaturated/α-hetero) is 1. The molecule has 1 N–H and O–H groups in total. The Morgan fingerprint density at radius 1 is 1.08 bits per heavy atom. The molecule has 0 atom stereocenters. The van der Waals surface area contributed by atoms with Gasteiger partial charge in [-0.05, 0) is 34.1 Å². The zero-order valence-corrected chi connectivity index (χ0v) is 16.3. The van der Waals surface area contributed by atoms with Crippen LogP contribution in [-0.2, 0) is 6.54 Å². The third-order valence-electron chi connectivity index (χ3n) is 4.73. The van der Waals surface area contributed by atoms with Gasteiger partial charge in [-0.1, -0.05) is 18.2 Å². The van der Waals surface area contributed by atoms with Crippen molar-refractivity contribution >= 4 is 44.0 Å². The lowest BCUT2D eigenvalue weighted by molar-refractivity contribution is 0.0846. The molecule has 0 radical (unpaired) electrons. The molecule has 1 aromatic carbocycles. The highest BCUT2D eigenvalue weighted by molar-refractivity contribution is 9.11. The van der Waals surface area contributed by atoms with Crippen molar-refractivity contribution in [2.75, 3.05) is 32.7 Å². The van der Waals surface area contributed by atoms with Crippen molar-refractivity contribution in [2.24, 2.45) is 0 Å². The quantitative estimate of drug-likeness (QED) is 0.637. The lowest BCUT2D eigenvalue weighted by Crippen LogP contribution is -2.47. The van der Waals surface area contributed by atoms with Crippen LogP contribution in [0, 0.1) is 0 Å². The van der Waals surface area contributed by atoms with E-state index < -0.39 is 0 Å². The summed E-state index contributed by atoms with van der Waals surface area (Å²) in [7, 11) is 0. The minimum Gasteiger partial charge on any atom is -0.360 e. The summed E-state index contributed by atoms with van der Waals surface area (Å²) in [6.45, 7) is 5.41. The van der Waals surface area contributed by atoms with Gasteiger partial charge < -0.3 is 4.98 Å². The van der Waals surface area contributed by atoms with Crippen LogP contribution in [0.15, 0.2) is 46.4 Å². The van der Waals surface area contributed by atoms with E-state index in [2.05, 4.69) is 42.8 Å². The molecule has 1 fully saturated rings. The third kappa shape index (κ3) is 3.87. The molecule has 0 saturated carbocycles. The van der Waals surface area contributed by atoms with Gasteiger partial charge >= 0.3 is 0 Å². The molecule has 1 saturated heterocycles. The Balaban J connectivity index is 1.33. The highest BCUT2D eigenvalue weighted by Crippen LogP contribution is 2.24. The number of halogens is 1. The molecule has 0 spiro atoms. The van der Waals surface area contributed by atoms with E-state index in [9.17, 15) is 4.79 Å². The van der Waals surface area contributed by atoms with Crippen molar-refractivity contribution in [1.29, 1.82) is 0 Å². The number of para-hydroxylation sites is 1. The number of piperazine rings is 1. The predicted octanol–water partition coefficient (Wildman–Crippen LogP) is 3.99. The molecule has 0 unspecified atom stereocenters. The van der Waals surface area contributed by atoms with Gasteiger partial charge in [0.15, 0.2) is 5.78 Å². The Morgan fingerprint density at radius 2 is 1.84 bits per heavy atom. The van der Waals surface area contributed by atoms with E-state index in [1.54, 1.807) is 11.3 Å². The summed E-state index contributed by atoms with van der Waals surface area (Å²) in [6.07, 6.45) is 1.85. The number of rotatable bonds is 5. The van der Waals surface area contributed by atoms with Crippen LogP contribution >= 0.6 is 27.3 Å². The lowest BCUT2D eigenvalue weighted by Gasteiger charge is -2.34. The summed E-state index contributed by atoms with van der Waals surface area (Å²) >= 11 is 5.32. The first-order chi connectivity index (χ1) is 12.2. The van der Waals surface area contributed by atoms with Crippen molar-refractivity contribution in [1.82, 2.24) is 14.8 Å². The summed E-state index contributed by atoms with van der Waals surface area (Å²) in [5.41, 5.74) is 1.83. The number of H-pyrrole nitrogens is 1. The molecule has 1 aliphatic rings. The first kappa shape index (κ1) is 17.0. The summed E-state index contributed by atoms with van der Waals surface area (Å²) in [4.78, 5) is 22.0. The number of hydrogen-bond acceptors (Lipinski definition) is 4. The van der Waals surface area contributed by atoms with Crippen LogP contribution in [0.1, 0.15) is 15.2 Å². The highest BCUT2D eigenvalue weighted by Gasteiger charge is 2.21. The number of thiophene rings is 1. The van der Waals surface area contributed by atoms with Crippen molar-refractivity contribution < 1.29 is 4.79 Å². The second-order valence-electron chi connectivity index (χ2n) is 6.43. The van der Waals surface area contributed by atoms with Crippen molar-refractivity contribution in [3.05, 3.63) is 56.8 Å². The summed E-state index contributed by atoms with van der Waals surface area (Å²) in [6, 6.07) is 12.3. The molecule has 4 nitrogen and oxygen atoms in total. The third-order valence-corrected chi connectivity index (χ3v) is 6.34. The van der Waals surface area contributed by atoms with E-state index >= 15 is 0 Å². The van der Waals surface area contributed by atoms with Gasteiger partial charge in [-0.25, -0.2) is 0 Å². The Hall–Kier alpha value is -1.47. The average molecular weight is 418 g/mol. The predicted molar refractivity (Wildman–Crippen MR) is 106 cm³/mol. The van der Waals surface area contributed by atoms with Crippen LogP contribution in [-0.4, -0.2) is 53.3 Å². The van der Waals surface area contributed by atoms with Crippen LogP contribution in [0.3, 0.4) is 0 Å². The Kier molecular flexibility index (Phi) is 5.03. The van der Waals surface area contributed by atoms with Gasteiger partial charge in [-0.2, -0.15) is 0 Å². The molecule has 4 rings (SSSR count). The molecule has 130 valence electrons. The van der Waals surface area contributed by atoms with E-state index in [-0.39, 0.29) is 5.78 Å². The zero-order chi connectivity index (χ0) is 17.2. The minimum atomic E-state index is 0.202. The highest BCUT2D eigenvalue weighted by atomic mass is 79.9. The average Bonchev–Trinajstić information content (AvgIpc) is 3.23. The molecule has 3 heterocycles. The zero-order valence-electron chi connectivity index (χ0n) is 13.9. The van der Waals surface area contributed by atoms with Gasteiger partial charge in [-0.15, -0.1) is 11.3 Å². The summed E-state index contributed by atoms with van der Waals surface area (Å²) in [5, 5.41) is 1.02. The standard InChI is InChI=1S/C19H20BrN3OS/c20-19-6-5-14(25-19)12-22-7-9-23(10-8-22)13-18(24)16-11-21-17-4-2-1-3-15(16)17/h1-6,11,21H,7-10,12-13H2. The number of hydrogen-bond donors (Lipinski definition) is 1. The maximum atomic E-state index is 12.7. The molecule has 0 amide bonds. The van der Waals surface area contributed by atoms with Crippen molar-refractivity contribution in [2.45, 2.75) is 6.54 Å². The molecular formula is C19H20BrN3OS. The summed E-state index contributed by atoms with van der Waals surface area (Å²) < 4.78 is 1.19. The molecule has 0 aliphatic carbocycles. The van der Waals surface area contributed by atoms with Crippen molar-refractivity contribution in [3.8, 4) is 0 Å². The van der Waals surface area contributed by atoms with E-state index in [1.165, 1.54) is 8.66 Å². The maximum absolute atomic E-state index is 12.7. The number of benzene rings is 1. The second-order valence-corrected chi connectivity index (χ2v) is 8.98.